The van der Waals surface area contributed by atoms with Gasteiger partial charge in [0.15, 0.2) is 0 Å². The highest BCUT2D eigenvalue weighted by Gasteiger charge is 2.12. The third kappa shape index (κ3) is 12.0. The van der Waals surface area contributed by atoms with Gasteiger partial charge < -0.3 is 19.8 Å². The van der Waals surface area contributed by atoms with Crippen molar-refractivity contribution in [2.24, 2.45) is 0 Å². The van der Waals surface area contributed by atoms with Crippen molar-refractivity contribution >= 4 is 35.1 Å². The van der Waals surface area contributed by atoms with E-state index in [0.717, 1.165) is 30.3 Å². The van der Waals surface area contributed by atoms with E-state index in [0.29, 0.717) is 33.5 Å². The number of nitrogens with zero attached hydrogens (tertiary/aromatic N) is 3. The van der Waals surface area contributed by atoms with Gasteiger partial charge in [0.2, 0.25) is 0 Å². The lowest BCUT2D eigenvalue weighted by atomic mass is 10.0. The van der Waals surface area contributed by atoms with E-state index >= 15 is 0 Å². The van der Waals surface area contributed by atoms with Crippen LogP contribution in [0.3, 0.4) is 0 Å². The first kappa shape index (κ1) is 33.6. The Balaban J connectivity index is 0.000000366. The summed E-state index contributed by atoms with van der Waals surface area (Å²) in [4.78, 5) is 21.2. The molecule has 2 N–H and O–H groups in total. The molecule has 208 valence electrons. The summed E-state index contributed by atoms with van der Waals surface area (Å²) in [5, 5.41) is 34.0. The predicted molar refractivity (Wildman–Crippen MR) is 150 cm³/mol. The highest BCUT2D eigenvalue weighted by molar-refractivity contribution is 6.31. The van der Waals surface area contributed by atoms with Gasteiger partial charge >= 0.3 is 11.9 Å². The maximum absolute atomic E-state index is 12.5. The predicted octanol–water partition coefficient (Wildman–Crippen LogP) is 6.69. The van der Waals surface area contributed by atoms with Gasteiger partial charge in [-0.25, -0.2) is 14.0 Å². The molecular weight excluding hydrogens is 560 g/mol. The van der Waals surface area contributed by atoms with Gasteiger partial charge in [-0.2, -0.15) is 10.5 Å². The maximum atomic E-state index is 12.5. The molecule has 0 aliphatic rings. The summed E-state index contributed by atoms with van der Waals surface area (Å²) in [5.74, 6) is -1.82. The zero-order chi connectivity index (χ0) is 30.2. The van der Waals surface area contributed by atoms with Gasteiger partial charge in [0.25, 0.3) is 0 Å². The molecule has 0 bridgehead atoms. The summed E-state index contributed by atoms with van der Waals surface area (Å²) in [7, 11) is 4.08. The topological polar surface area (TPSA) is 135 Å². The fourth-order valence-corrected chi connectivity index (χ4v) is 3.43. The lowest BCUT2D eigenvalue weighted by Crippen LogP contribution is -2.12. The first-order valence-electron chi connectivity index (χ1n) is 11.5. The molecule has 3 aromatic rings. The Morgan fingerprint density at radius 3 is 1.95 bits per heavy atom. The van der Waals surface area contributed by atoms with Crippen LogP contribution in [0.4, 0.5) is 4.39 Å². The molecule has 0 atom stereocenters. The summed E-state index contributed by atoms with van der Waals surface area (Å²) in [6.07, 6.45) is 1.98. The Hall–Kier alpha value is -4.41. The average Bonchev–Trinajstić information content (AvgIpc) is 2.88. The summed E-state index contributed by atoms with van der Waals surface area (Å²) >= 11 is 11.4. The quantitative estimate of drug-likeness (QED) is 0.293. The second kappa shape index (κ2) is 17.2. The number of hydrogen-bond acceptors (Lipinski definition) is 6. The second-order valence-corrected chi connectivity index (χ2v) is 8.96. The fraction of sp³-hybridized carbons (Fsp3) is 0.172. The Bertz CT molecular complexity index is 1430. The van der Waals surface area contributed by atoms with Crippen molar-refractivity contribution < 1.29 is 28.9 Å². The number of carboxylic acid groups (broad SMARTS) is 2. The van der Waals surface area contributed by atoms with Crippen LogP contribution in [0.5, 0.6) is 11.5 Å². The van der Waals surface area contributed by atoms with Crippen LogP contribution >= 0.6 is 23.2 Å². The zero-order valence-corrected chi connectivity index (χ0v) is 23.4. The number of halogens is 3. The standard InChI is InChI=1S/C18H19ClN2O.C7H3ClFN.C4H4O4/c1-4-16-14(12-21(2)3)6-5-7-17(16)22-18-10-15(19)9-8-13(18)11-20;8-6-2-1-5(4-10)7(9)3-6;5-3(6)1-2-4(7)8/h5-10H,4,12H2,1-3H3;1-3H;1-2H,(H,5,6)(H,7,8). The van der Waals surface area contributed by atoms with Gasteiger partial charge in [0, 0.05) is 34.8 Å². The van der Waals surface area contributed by atoms with Crippen molar-refractivity contribution in [1.29, 1.82) is 10.5 Å². The van der Waals surface area contributed by atoms with Crippen LogP contribution in [0.15, 0.2) is 66.7 Å². The van der Waals surface area contributed by atoms with Gasteiger partial charge in [-0.15, -0.1) is 0 Å². The lowest BCUT2D eigenvalue weighted by molar-refractivity contribution is -0.134. The summed E-state index contributed by atoms with van der Waals surface area (Å²) < 4.78 is 18.5. The van der Waals surface area contributed by atoms with E-state index < -0.39 is 17.8 Å². The summed E-state index contributed by atoms with van der Waals surface area (Å²) in [6, 6.07) is 18.8. The number of rotatable bonds is 7. The molecule has 0 saturated heterocycles. The Morgan fingerprint density at radius 1 is 0.925 bits per heavy atom. The van der Waals surface area contributed by atoms with E-state index in [1.54, 1.807) is 24.3 Å². The van der Waals surface area contributed by atoms with Gasteiger partial charge in [0.1, 0.15) is 29.5 Å². The van der Waals surface area contributed by atoms with Crippen LogP contribution in [-0.2, 0) is 22.6 Å². The van der Waals surface area contributed by atoms with E-state index in [-0.39, 0.29) is 5.56 Å². The maximum Gasteiger partial charge on any atom is 0.328 e. The van der Waals surface area contributed by atoms with Gasteiger partial charge in [-0.05, 0) is 68.0 Å². The summed E-state index contributed by atoms with van der Waals surface area (Å²) in [6.45, 7) is 2.95. The zero-order valence-electron chi connectivity index (χ0n) is 21.9. The number of aliphatic carboxylic acids is 2. The normalized spacial score (nSPS) is 9.93. The molecule has 11 heteroatoms. The Morgan fingerprint density at radius 2 is 1.48 bits per heavy atom. The first-order valence-corrected chi connectivity index (χ1v) is 12.3. The molecule has 3 rings (SSSR count). The minimum absolute atomic E-state index is 0.0180. The minimum Gasteiger partial charge on any atom is -0.478 e. The van der Waals surface area contributed by atoms with Crippen molar-refractivity contribution in [3.05, 3.63) is 105 Å². The molecule has 0 saturated carbocycles. The highest BCUT2D eigenvalue weighted by Crippen LogP contribution is 2.32. The first-order chi connectivity index (χ1) is 18.9. The molecule has 8 nitrogen and oxygen atoms in total. The average molecular weight is 586 g/mol. The Kier molecular flexibility index (Phi) is 14.5. The molecular formula is C29H26Cl2FN3O5. The van der Waals surface area contributed by atoms with Gasteiger partial charge in [0.05, 0.1) is 11.1 Å². The van der Waals surface area contributed by atoms with Crippen LogP contribution in [0, 0.1) is 28.5 Å². The number of carboxylic acids is 2. The lowest BCUT2D eigenvalue weighted by Gasteiger charge is -2.17. The van der Waals surface area contributed by atoms with Crippen LogP contribution in [0.25, 0.3) is 0 Å². The smallest absolute Gasteiger partial charge is 0.328 e. The molecule has 0 fully saturated rings. The molecule has 0 aliphatic heterocycles. The van der Waals surface area contributed by atoms with E-state index in [9.17, 15) is 19.2 Å². The molecule has 0 unspecified atom stereocenters. The van der Waals surface area contributed by atoms with Crippen LogP contribution in [0.2, 0.25) is 10.0 Å². The number of hydrogen-bond donors (Lipinski definition) is 2. The van der Waals surface area contributed by atoms with Gasteiger partial charge in [-0.1, -0.05) is 42.3 Å². The molecule has 0 heterocycles. The van der Waals surface area contributed by atoms with E-state index in [1.807, 2.05) is 26.2 Å². The fourth-order valence-electron chi connectivity index (χ4n) is 3.11. The minimum atomic E-state index is -1.26. The third-order valence-electron chi connectivity index (χ3n) is 4.77. The monoisotopic (exact) mass is 585 g/mol. The molecule has 0 radical (unpaired) electrons. The SMILES string of the molecule is CCc1c(CN(C)C)cccc1Oc1cc(Cl)ccc1C#N.N#Cc1ccc(Cl)cc1F.O=C(O)C=CC(=O)O. The van der Waals surface area contributed by atoms with Crippen molar-refractivity contribution in [3.63, 3.8) is 0 Å². The molecule has 40 heavy (non-hydrogen) atoms. The van der Waals surface area contributed by atoms with Crippen LogP contribution < -0.4 is 4.74 Å². The van der Waals surface area contributed by atoms with E-state index in [2.05, 4.69) is 24.0 Å². The molecule has 0 aromatic heterocycles. The molecule has 3 aromatic carbocycles. The van der Waals surface area contributed by atoms with Crippen molar-refractivity contribution in [1.82, 2.24) is 4.90 Å². The molecule has 0 amide bonds. The number of carbonyl (C=O) groups is 2. The second-order valence-electron chi connectivity index (χ2n) is 8.09. The number of ether oxygens (including phenoxy) is 1. The van der Waals surface area contributed by atoms with E-state index in [4.69, 9.17) is 43.4 Å². The third-order valence-corrected chi connectivity index (χ3v) is 5.24. The van der Waals surface area contributed by atoms with Crippen molar-refractivity contribution in [3.8, 4) is 23.6 Å². The van der Waals surface area contributed by atoms with E-state index in [1.165, 1.54) is 17.7 Å². The number of benzene rings is 3. The molecule has 0 aliphatic carbocycles. The largest absolute Gasteiger partial charge is 0.478 e. The summed E-state index contributed by atoms with van der Waals surface area (Å²) in [5.41, 5.74) is 2.87. The van der Waals surface area contributed by atoms with Crippen molar-refractivity contribution in [2.75, 3.05) is 14.1 Å². The van der Waals surface area contributed by atoms with Crippen LogP contribution in [-0.4, -0.2) is 41.1 Å². The Labute approximate surface area is 241 Å². The highest BCUT2D eigenvalue weighted by atomic mass is 35.5. The van der Waals surface area contributed by atoms with Crippen molar-refractivity contribution in [2.45, 2.75) is 19.9 Å². The molecule has 0 spiro atoms. The van der Waals surface area contributed by atoms with Gasteiger partial charge in [-0.3, -0.25) is 0 Å². The number of nitriles is 2. The van der Waals surface area contributed by atoms with Crippen LogP contribution in [0.1, 0.15) is 29.2 Å².